The average Bonchev–Trinajstić information content (AvgIpc) is 3.03. The molecule has 0 N–H and O–H groups in total. The van der Waals surface area contributed by atoms with Crippen molar-refractivity contribution in [2.24, 2.45) is 0 Å². The Morgan fingerprint density at radius 1 is 1.00 bits per heavy atom. The van der Waals surface area contributed by atoms with Crippen molar-refractivity contribution >= 4 is 33.4 Å². The van der Waals surface area contributed by atoms with Gasteiger partial charge in [-0.1, -0.05) is 18.2 Å². The molecule has 1 aliphatic rings. The molecule has 4 rings (SSSR count). The zero-order valence-electron chi connectivity index (χ0n) is 20.0. The van der Waals surface area contributed by atoms with E-state index < -0.39 is 43.7 Å². The summed E-state index contributed by atoms with van der Waals surface area (Å²) in [5.74, 6) is -1.13. The van der Waals surface area contributed by atoms with Crippen LogP contribution in [0.3, 0.4) is 0 Å². The number of para-hydroxylation sites is 1. The molecule has 1 aliphatic heterocycles. The summed E-state index contributed by atoms with van der Waals surface area (Å²) < 4.78 is 67.3. The van der Waals surface area contributed by atoms with Crippen LogP contribution in [-0.4, -0.2) is 47.3 Å². The van der Waals surface area contributed by atoms with E-state index in [1.165, 1.54) is 37.2 Å². The van der Waals surface area contributed by atoms with Gasteiger partial charge in [0, 0.05) is 18.9 Å². The van der Waals surface area contributed by atoms with Gasteiger partial charge in [0.2, 0.25) is 0 Å². The minimum atomic E-state index is -5.60. The van der Waals surface area contributed by atoms with E-state index in [1.807, 2.05) is 0 Å². The topological polar surface area (TPSA) is 114 Å². The number of nitrogens with zero attached hydrogens (tertiary/aromatic N) is 3. The van der Waals surface area contributed by atoms with Crippen molar-refractivity contribution < 1.29 is 40.7 Å². The summed E-state index contributed by atoms with van der Waals surface area (Å²) >= 11 is 0. The lowest BCUT2D eigenvalue weighted by Crippen LogP contribution is -2.44. The number of hydrogen-bond donors (Lipinski definition) is 0. The van der Waals surface area contributed by atoms with Crippen molar-refractivity contribution in [3.8, 4) is 5.75 Å². The monoisotopic (exact) mass is 547 g/mol. The van der Waals surface area contributed by atoms with Crippen LogP contribution in [0.15, 0.2) is 78.0 Å². The van der Waals surface area contributed by atoms with E-state index in [0.717, 1.165) is 17.0 Å². The number of pyridine rings is 1. The quantitative estimate of drug-likeness (QED) is 0.256. The second-order valence-electron chi connectivity index (χ2n) is 8.75. The Hall–Kier alpha value is -4.26. The van der Waals surface area contributed by atoms with E-state index in [0.29, 0.717) is 23.4 Å². The van der Waals surface area contributed by atoms with E-state index in [1.54, 1.807) is 30.3 Å². The number of benzene rings is 2. The number of hydrogen-bond acceptors (Lipinski definition) is 7. The Labute approximate surface area is 215 Å². The smallest absolute Gasteiger partial charge is 0.423 e. The summed E-state index contributed by atoms with van der Waals surface area (Å²) in [6.07, 6.45) is 2.68. The van der Waals surface area contributed by atoms with Crippen LogP contribution in [0.25, 0.3) is 0 Å². The van der Waals surface area contributed by atoms with Crippen LogP contribution in [0.5, 0.6) is 5.75 Å². The average molecular weight is 548 g/mol. The summed E-state index contributed by atoms with van der Waals surface area (Å²) in [5, 5.41) is 0. The summed E-state index contributed by atoms with van der Waals surface area (Å²) in [4.78, 5) is 44.2. The molecule has 2 heterocycles. The molecule has 0 radical (unpaired) electrons. The number of carbonyl (C=O) groups is 3. The lowest BCUT2D eigenvalue weighted by molar-refractivity contribution is -0.123. The fraction of sp³-hybridized carbons (Fsp3) is 0.200. The molecule has 1 fully saturated rings. The highest BCUT2D eigenvalue weighted by molar-refractivity contribution is 7.92. The molecule has 0 bridgehead atoms. The van der Waals surface area contributed by atoms with Crippen molar-refractivity contribution in [2.45, 2.75) is 36.3 Å². The number of amides is 3. The molecular formula is C25H20F3N3O6S. The maximum Gasteiger partial charge on any atom is 0.501 e. The van der Waals surface area contributed by atoms with E-state index in [9.17, 15) is 36.0 Å². The van der Waals surface area contributed by atoms with E-state index in [-0.39, 0.29) is 17.8 Å². The van der Waals surface area contributed by atoms with Crippen LogP contribution >= 0.6 is 0 Å². The van der Waals surface area contributed by atoms with Crippen molar-refractivity contribution in [2.75, 3.05) is 4.90 Å². The number of ether oxygens (including phenoxy) is 1. The summed E-state index contributed by atoms with van der Waals surface area (Å²) in [5.41, 5.74) is -6.64. The number of urea groups is 1. The van der Waals surface area contributed by atoms with Gasteiger partial charge in [0.1, 0.15) is 11.3 Å². The molecule has 198 valence electrons. The van der Waals surface area contributed by atoms with Gasteiger partial charge >= 0.3 is 17.5 Å². The Bertz CT molecular complexity index is 1510. The molecule has 9 nitrogen and oxygen atoms in total. The third kappa shape index (κ3) is 4.72. The molecular weight excluding hydrogens is 527 g/mol. The molecule has 0 unspecified atom stereocenters. The predicted octanol–water partition coefficient (Wildman–Crippen LogP) is 4.34. The lowest BCUT2D eigenvalue weighted by Gasteiger charge is -2.28. The number of sulfone groups is 1. The van der Waals surface area contributed by atoms with Crippen molar-refractivity contribution in [3.63, 3.8) is 0 Å². The van der Waals surface area contributed by atoms with E-state index in [2.05, 4.69) is 4.98 Å². The number of imide groups is 1. The van der Waals surface area contributed by atoms with Crippen LogP contribution in [0.1, 0.15) is 29.8 Å². The zero-order chi connectivity index (χ0) is 27.9. The van der Waals surface area contributed by atoms with E-state index in [4.69, 9.17) is 4.74 Å². The number of anilines is 1. The van der Waals surface area contributed by atoms with Gasteiger partial charge in [0.25, 0.3) is 15.7 Å². The summed E-state index contributed by atoms with van der Waals surface area (Å²) in [6, 6.07) is 12.2. The summed E-state index contributed by atoms with van der Waals surface area (Å²) in [6.45, 7) is 2.74. The number of esters is 1. The molecule has 1 saturated heterocycles. The van der Waals surface area contributed by atoms with Gasteiger partial charge in [-0.25, -0.2) is 22.9 Å². The fourth-order valence-corrected chi connectivity index (χ4v) is 4.56. The molecule has 2 aromatic carbocycles. The molecule has 3 aromatic rings. The molecule has 13 heteroatoms. The van der Waals surface area contributed by atoms with E-state index >= 15 is 0 Å². The van der Waals surface area contributed by atoms with Crippen LogP contribution in [0.2, 0.25) is 0 Å². The Balaban J connectivity index is 1.62. The molecule has 0 atom stereocenters. The van der Waals surface area contributed by atoms with Gasteiger partial charge in [-0.3, -0.25) is 9.78 Å². The zero-order valence-corrected chi connectivity index (χ0v) is 20.8. The highest BCUT2D eigenvalue weighted by Gasteiger charge is 2.52. The SMILES string of the molecule is CC1(C)C(=O)N(c2ccc(S(=O)(=O)C(F)(F)F)cc2)C(=O)N1Cc1ccncc1C(=O)Oc1ccccc1. The number of rotatable bonds is 6. The highest BCUT2D eigenvalue weighted by atomic mass is 32.2. The minimum absolute atomic E-state index is 0.0626. The second-order valence-corrected chi connectivity index (χ2v) is 10.7. The fourth-order valence-electron chi connectivity index (χ4n) is 3.80. The molecule has 0 spiro atoms. The van der Waals surface area contributed by atoms with Gasteiger partial charge in [0.05, 0.1) is 16.1 Å². The number of carbonyl (C=O) groups excluding carboxylic acids is 3. The number of halogens is 3. The number of aromatic nitrogens is 1. The van der Waals surface area contributed by atoms with Crippen molar-refractivity contribution in [1.29, 1.82) is 0 Å². The first-order valence-electron chi connectivity index (χ1n) is 11.0. The molecule has 3 amide bonds. The van der Waals surface area contributed by atoms with Gasteiger partial charge < -0.3 is 9.64 Å². The molecule has 0 aliphatic carbocycles. The van der Waals surface area contributed by atoms with Gasteiger partial charge in [-0.15, -0.1) is 0 Å². The standard InChI is InChI=1S/C25H20F3N3O6S/c1-24(2)22(33)31(17-8-10-19(11-9-17)38(35,36)25(26,27)28)23(34)30(24)15-16-12-13-29-14-20(16)21(32)37-18-6-4-3-5-7-18/h3-14H,15H2,1-2H3. The third-order valence-electron chi connectivity index (χ3n) is 5.95. The van der Waals surface area contributed by atoms with Crippen LogP contribution in [-0.2, 0) is 21.2 Å². The van der Waals surface area contributed by atoms with Crippen molar-refractivity contribution in [1.82, 2.24) is 9.88 Å². The normalized spacial score (nSPS) is 15.6. The second kappa shape index (κ2) is 9.56. The predicted molar refractivity (Wildman–Crippen MR) is 128 cm³/mol. The van der Waals surface area contributed by atoms with Gasteiger partial charge in [-0.2, -0.15) is 13.2 Å². The largest absolute Gasteiger partial charge is 0.501 e. The first-order chi connectivity index (χ1) is 17.7. The first kappa shape index (κ1) is 26.8. The maximum absolute atomic E-state index is 13.4. The minimum Gasteiger partial charge on any atom is -0.423 e. The third-order valence-corrected chi connectivity index (χ3v) is 7.45. The van der Waals surface area contributed by atoms with Crippen LogP contribution in [0.4, 0.5) is 23.7 Å². The van der Waals surface area contributed by atoms with Gasteiger partial charge in [-0.05, 0) is 61.9 Å². The highest BCUT2D eigenvalue weighted by Crippen LogP contribution is 2.36. The summed E-state index contributed by atoms with van der Waals surface area (Å²) in [7, 11) is -5.60. The lowest BCUT2D eigenvalue weighted by atomic mass is 10.0. The van der Waals surface area contributed by atoms with Crippen LogP contribution < -0.4 is 9.64 Å². The Morgan fingerprint density at radius 2 is 1.63 bits per heavy atom. The van der Waals surface area contributed by atoms with Gasteiger partial charge in [0.15, 0.2) is 0 Å². The van der Waals surface area contributed by atoms with Crippen molar-refractivity contribution in [3.05, 3.63) is 84.2 Å². The Kier molecular flexibility index (Phi) is 6.74. The Morgan fingerprint density at radius 3 is 2.24 bits per heavy atom. The van der Waals surface area contributed by atoms with Crippen LogP contribution in [0, 0.1) is 0 Å². The first-order valence-corrected chi connectivity index (χ1v) is 12.5. The molecule has 1 aromatic heterocycles. The molecule has 0 saturated carbocycles. The number of alkyl halides is 3. The molecule has 38 heavy (non-hydrogen) atoms. The maximum atomic E-state index is 13.4.